The van der Waals surface area contributed by atoms with Crippen molar-refractivity contribution >= 4 is 22.9 Å². The Morgan fingerprint density at radius 1 is 1.19 bits per heavy atom. The van der Waals surface area contributed by atoms with Crippen LogP contribution in [0.5, 0.6) is 0 Å². The van der Waals surface area contributed by atoms with Gasteiger partial charge in [0.1, 0.15) is 5.69 Å². The first-order valence-corrected chi connectivity index (χ1v) is 11.7. The fraction of sp³-hybridized carbons (Fsp3) is 0.360. The maximum absolute atomic E-state index is 12.9. The van der Waals surface area contributed by atoms with E-state index in [0.717, 1.165) is 67.5 Å². The molecule has 11 heteroatoms. The van der Waals surface area contributed by atoms with Crippen LogP contribution in [0.1, 0.15) is 36.1 Å². The van der Waals surface area contributed by atoms with Crippen LogP contribution in [0.25, 0.3) is 5.57 Å². The minimum Gasteiger partial charge on any atom is -0.393 e. The number of nitrogens with one attached hydrogen (secondary N) is 2. The molecule has 3 aliphatic rings. The van der Waals surface area contributed by atoms with Gasteiger partial charge in [0.05, 0.1) is 24.0 Å². The number of halogens is 3. The molecule has 1 atom stereocenters. The Kier molecular flexibility index (Phi) is 6.59. The molecule has 0 aromatic carbocycles. The molecule has 0 saturated carbocycles. The zero-order valence-corrected chi connectivity index (χ0v) is 19.3. The third kappa shape index (κ3) is 5.31. The number of hydrazone groups is 1. The number of hydrogen-bond donors (Lipinski definition) is 3. The fourth-order valence-corrected chi connectivity index (χ4v) is 4.54. The number of aromatic nitrogens is 2. The van der Waals surface area contributed by atoms with Crippen LogP contribution in [0, 0.1) is 0 Å². The highest BCUT2D eigenvalue weighted by molar-refractivity contribution is 6.49. The molecular weight excluding hydrogens is 473 g/mol. The third-order valence-electron chi connectivity index (χ3n) is 6.48. The predicted molar refractivity (Wildman–Crippen MR) is 128 cm³/mol. The summed E-state index contributed by atoms with van der Waals surface area (Å²) in [5.41, 5.74) is 5.87. The lowest BCUT2D eigenvalue weighted by Gasteiger charge is -2.29. The van der Waals surface area contributed by atoms with Gasteiger partial charge in [0.2, 0.25) is 0 Å². The highest BCUT2D eigenvalue weighted by Gasteiger charge is 2.33. The molecule has 1 fully saturated rings. The van der Waals surface area contributed by atoms with E-state index in [0.29, 0.717) is 12.0 Å². The molecule has 188 valence electrons. The van der Waals surface area contributed by atoms with Gasteiger partial charge in [-0.25, -0.2) is 4.98 Å². The monoisotopic (exact) mass is 498 g/mol. The van der Waals surface area contributed by atoms with Crippen LogP contribution < -0.4 is 10.7 Å². The van der Waals surface area contributed by atoms with Crippen LogP contribution >= 0.6 is 0 Å². The standard InChI is InChI=1S/C25H25F3N6O2/c26-25(27,28)22-4-2-18(13-30-22)31-24(36)23-20-10-16(1-3-21(20)32-33-23)17-9-15(11-29-12-17)14-34-7-5-19(35)6-8-34/h1-2,4,9-13,19,21,32,35H,3,5-8,14H2,(H,31,36). The Labute approximate surface area is 205 Å². The number of carbonyl (C=O) groups excluding carboxylic acids is 1. The smallest absolute Gasteiger partial charge is 0.393 e. The Bertz CT molecular complexity index is 1230. The molecule has 8 nitrogen and oxygen atoms in total. The summed E-state index contributed by atoms with van der Waals surface area (Å²) in [6, 6.07) is 3.90. The number of aliphatic hydroxyl groups is 1. The Morgan fingerprint density at radius 2 is 2.00 bits per heavy atom. The van der Waals surface area contributed by atoms with Crippen LogP contribution in [0.2, 0.25) is 0 Å². The number of likely N-dealkylation sites (tertiary alicyclic amines) is 1. The van der Waals surface area contributed by atoms with Gasteiger partial charge >= 0.3 is 6.18 Å². The zero-order chi connectivity index (χ0) is 25.3. The SMILES string of the molecule is O=C(Nc1ccc(C(F)(F)F)nc1)C1=NNC2CC=C(c3cncc(CN4CCC(O)CC4)c3)C=C12. The van der Waals surface area contributed by atoms with Crippen LogP contribution in [0.3, 0.4) is 0 Å². The average Bonchev–Trinajstić information content (AvgIpc) is 3.29. The second kappa shape index (κ2) is 9.82. The first-order valence-electron chi connectivity index (χ1n) is 11.7. The molecule has 4 heterocycles. The molecule has 2 aromatic heterocycles. The van der Waals surface area contributed by atoms with Gasteiger partial charge in [0.25, 0.3) is 5.91 Å². The second-order valence-electron chi connectivity index (χ2n) is 9.11. The molecular formula is C25H25F3N6O2. The third-order valence-corrected chi connectivity index (χ3v) is 6.48. The number of hydrogen-bond acceptors (Lipinski definition) is 7. The van der Waals surface area contributed by atoms with Crippen molar-refractivity contribution in [3.05, 3.63) is 71.3 Å². The van der Waals surface area contributed by atoms with E-state index in [1.54, 1.807) is 6.20 Å². The topological polar surface area (TPSA) is 103 Å². The van der Waals surface area contributed by atoms with E-state index in [-0.39, 0.29) is 23.5 Å². The number of rotatable bonds is 5. The summed E-state index contributed by atoms with van der Waals surface area (Å²) in [6.07, 6.45) is 5.94. The van der Waals surface area contributed by atoms with Crippen molar-refractivity contribution in [1.29, 1.82) is 0 Å². The first-order chi connectivity index (χ1) is 17.3. The molecule has 1 amide bonds. The van der Waals surface area contributed by atoms with Crippen LogP contribution in [-0.2, 0) is 17.5 Å². The number of nitrogens with zero attached hydrogens (tertiary/aromatic N) is 4. The van der Waals surface area contributed by atoms with E-state index in [2.05, 4.69) is 42.9 Å². The van der Waals surface area contributed by atoms with E-state index in [4.69, 9.17) is 0 Å². The number of pyridine rings is 2. The van der Waals surface area contributed by atoms with Gasteiger partial charge in [0, 0.05) is 43.2 Å². The summed E-state index contributed by atoms with van der Waals surface area (Å²) in [5, 5.41) is 16.5. The van der Waals surface area contributed by atoms with Gasteiger partial charge in [-0.3, -0.25) is 14.7 Å². The van der Waals surface area contributed by atoms with Crippen LogP contribution in [0.4, 0.5) is 18.9 Å². The molecule has 2 aliphatic heterocycles. The predicted octanol–water partition coefficient (Wildman–Crippen LogP) is 3.13. The largest absolute Gasteiger partial charge is 0.433 e. The van der Waals surface area contributed by atoms with Crippen molar-refractivity contribution in [2.24, 2.45) is 5.10 Å². The van der Waals surface area contributed by atoms with Gasteiger partial charge in [-0.15, -0.1) is 0 Å². The van der Waals surface area contributed by atoms with Gasteiger partial charge in [0.15, 0.2) is 5.71 Å². The number of anilines is 1. The summed E-state index contributed by atoms with van der Waals surface area (Å²) in [7, 11) is 0. The van der Waals surface area contributed by atoms with E-state index in [1.165, 1.54) is 0 Å². The second-order valence-corrected chi connectivity index (χ2v) is 9.11. The van der Waals surface area contributed by atoms with Crippen molar-refractivity contribution in [3.63, 3.8) is 0 Å². The highest BCUT2D eigenvalue weighted by atomic mass is 19.4. The number of carbonyl (C=O) groups is 1. The fourth-order valence-electron chi connectivity index (χ4n) is 4.54. The molecule has 0 bridgehead atoms. The van der Waals surface area contributed by atoms with Crippen molar-refractivity contribution in [3.8, 4) is 0 Å². The molecule has 0 spiro atoms. The number of fused-ring (bicyclic) bond motifs is 1. The lowest BCUT2D eigenvalue weighted by molar-refractivity contribution is -0.141. The van der Waals surface area contributed by atoms with Crippen LogP contribution in [0.15, 0.2) is 59.6 Å². The van der Waals surface area contributed by atoms with Crippen molar-refractivity contribution in [2.75, 3.05) is 18.4 Å². The van der Waals surface area contributed by atoms with E-state index in [1.807, 2.05) is 12.3 Å². The summed E-state index contributed by atoms with van der Waals surface area (Å²) in [6.45, 7) is 2.43. The van der Waals surface area contributed by atoms with Gasteiger partial charge in [-0.05, 0) is 54.7 Å². The minimum atomic E-state index is -4.55. The van der Waals surface area contributed by atoms with Gasteiger partial charge in [-0.2, -0.15) is 18.3 Å². The van der Waals surface area contributed by atoms with E-state index in [9.17, 15) is 23.1 Å². The number of alkyl halides is 3. The lowest BCUT2D eigenvalue weighted by atomic mass is 9.89. The average molecular weight is 499 g/mol. The Morgan fingerprint density at radius 3 is 2.72 bits per heavy atom. The lowest BCUT2D eigenvalue weighted by Crippen LogP contribution is -2.35. The molecule has 0 radical (unpaired) electrons. The maximum atomic E-state index is 12.9. The molecule has 1 saturated heterocycles. The summed E-state index contributed by atoms with van der Waals surface area (Å²) >= 11 is 0. The number of allylic oxidation sites excluding steroid dienone is 2. The molecule has 2 aromatic rings. The van der Waals surface area contributed by atoms with Crippen molar-refractivity contribution < 1.29 is 23.1 Å². The summed E-state index contributed by atoms with van der Waals surface area (Å²) in [4.78, 5) is 22.9. The molecule has 5 rings (SSSR count). The van der Waals surface area contributed by atoms with Gasteiger partial charge in [-0.1, -0.05) is 6.08 Å². The number of piperidine rings is 1. The quantitative estimate of drug-likeness (QED) is 0.586. The van der Waals surface area contributed by atoms with Gasteiger partial charge < -0.3 is 15.8 Å². The highest BCUT2D eigenvalue weighted by Crippen LogP contribution is 2.30. The molecule has 1 unspecified atom stereocenters. The number of aliphatic hydroxyl groups excluding tert-OH is 1. The minimum absolute atomic E-state index is 0.147. The zero-order valence-electron chi connectivity index (χ0n) is 19.3. The van der Waals surface area contributed by atoms with Crippen LogP contribution in [-0.4, -0.2) is 56.8 Å². The summed E-state index contributed by atoms with van der Waals surface area (Å²) < 4.78 is 38.2. The van der Waals surface area contributed by atoms with E-state index < -0.39 is 17.8 Å². The molecule has 36 heavy (non-hydrogen) atoms. The Balaban J connectivity index is 1.28. The first kappa shape index (κ1) is 24.1. The van der Waals surface area contributed by atoms with Crippen molar-refractivity contribution in [1.82, 2.24) is 20.3 Å². The maximum Gasteiger partial charge on any atom is 0.433 e. The normalized spacial score (nSPS) is 20.7. The van der Waals surface area contributed by atoms with E-state index >= 15 is 0 Å². The van der Waals surface area contributed by atoms with Crippen molar-refractivity contribution in [2.45, 2.75) is 44.1 Å². The molecule has 1 aliphatic carbocycles. The Hall–Kier alpha value is -3.57. The summed E-state index contributed by atoms with van der Waals surface area (Å²) in [5.74, 6) is -0.529. The number of amides is 1. The molecule has 3 N–H and O–H groups in total.